The summed E-state index contributed by atoms with van der Waals surface area (Å²) in [6, 6.07) is 9.50. The lowest BCUT2D eigenvalue weighted by Crippen LogP contribution is -2.12. The van der Waals surface area contributed by atoms with E-state index in [-0.39, 0.29) is 12.4 Å². The Kier molecular flexibility index (Phi) is 3.79. The van der Waals surface area contributed by atoms with E-state index in [0.29, 0.717) is 16.5 Å². The summed E-state index contributed by atoms with van der Waals surface area (Å²) in [4.78, 5) is 6.03. The topological polar surface area (TPSA) is 36.4 Å². The molecule has 1 aromatic carbocycles. The zero-order valence-electron chi connectivity index (χ0n) is 9.77. The molecular weight excluding hydrogens is 255 g/mol. The highest BCUT2D eigenvalue weighted by atomic mass is 35.5. The largest absolute Gasteiger partial charge is 0.390 e. The maximum Gasteiger partial charge on any atom is 0.133 e. The number of aromatic nitrogens is 1. The number of benzene rings is 1. The van der Waals surface area contributed by atoms with E-state index in [1.54, 1.807) is 29.2 Å². The molecule has 0 saturated heterocycles. The Labute approximate surface area is 109 Å². The molecule has 0 aliphatic rings. The average molecular weight is 267 g/mol. The van der Waals surface area contributed by atoms with Crippen molar-refractivity contribution in [2.45, 2.75) is 6.61 Å². The summed E-state index contributed by atoms with van der Waals surface area (Å²) in [6.45, 7) is -0.218. The van der Waals surface area contributed by atoms with Gasteiger partial charge in [0.15, 0.2) is 0 Å². The number of nitrogens with zero attached hydrogens (tertiary/aromatic N) is 2. The fourth-order valence-corrected chi connectivity index (χ4v) is 1.73. The van der Waals surface area contributed by atoms with E-state index in [1.165, 1.54) is 12.1 Å². The van der Waals surface area contributed by atoms with E-state index < -0.39 is 0 Å². The molecule has 2 aromatic rings. The Morgan fingerprint density at radius 1 is 1.22 bits per heavy atom. The van der Waals surface area contributed by atoms with Crippen LogP contribution in [0.4, 0.5) is 15.9 Å². The first-order chi connectivity index (χ1) is 8.61. The molecule has 5 heteroatoms. The summed E-state index contributed by atoms with van der Waals surface area (Å²) < 4.78 is 12.8. The van der Waals surface area contributed by atoms with Gasteiger partial charge >= 0.3 is 0 Å². The average Bonchev–Trinajstić information content (AvgIpc) is 2.39. The number of hydrogen-bond acceptors (Lipinski definition) is 3. The second kappa shape index (κ2) is 5.33. The zero-order chi connectivity index (χ0) is 13.1. The molecular formula is C13H12ClFN2O. The van der Waals surface area contributed by atoms with Crippen LogP contribution in [0, 0.1) is 5.82 Å². The molecule has 0 aliphatic heterocycles. The van der Waals surface area contributed by atoms with Crippen LogP contribution in [-0.4, -0.2) is 17.1 Å². The molecule has 0 spiro atoms. The van der Waals surface area contributed by atoms with Crippen molar-refractivity contribution in [3.05, 3.63) is 52.9 Å². The maximum absolute atomic E-state index is 12.8. The highest BCUT2D eigenvalue weighted by Crippen LogP contribution is 2.24. The minimum absolute atomic E-state index is 0.218. The second-order valence-corrected chi connectivity index (χ2v) is 4.20. The molecule has 18 heavy (non-hydrogen) atoms. The molecule has 3 nitrogen and oxygen atoms in total. The Morgan fingerprint density at radius 3 is 2.50 bits per heavy atom. The van der Waals surface area contributed by atoms with Gasteiger partial charge in [-0.05, 0) is 36.4 Å². The van der Waals surface area contributed by atoms with Crippen LogP contribution in [0.15, 0.2) is 36.4 Å². The van der Waals surface area contributed by atoms with Gasteiger partial charge in [0.2, 0.25) is 0 Å². The van der Waals surface area contributed by atoms with Gasteiger partial charge in [-0.25, -0.2) is 9.37 Å². The smallest absolute Gasteiger partial charge is 0.133 e. The van der Waals surface area contributed by atoms with Gasteiger partial charge in [-0.2, -0.15) is 0 Å². The number of rotatable bonds is 3. The molecule has 94 valence electrons. The number of hydrogen-bond donors (Lipinski definition) is 1. The van der Waals surface area contributed by atoms with Crippen LogP contribution in [-0.2, 0) is 6.61 Å². The van der Waals surface area contributed by atoms with Crippen LogP contribution in [0.5, 0.6) is 0 Å². The highest BCUT2D eigenvalue weighted by Gasteiger charge is 2.08. The van der Waals surface area contributed by atoms with Crippen molar-refractivity contribution in [1.82, 2.24) is 4.98 Å². The van der Waals surface area contributed by atoms with Crippen molar-refractivity contribution in [2.75, 3.05) is 11.9 Å². The van der Waals surface area contributed by atoms with Crippen molar-refractivity contribution >= 4 is 23.1 Å². The predicted octanol–water partition coefficient (Wildman–Crippen LogP) is 3.13. The molecule has 0 amide bonds. The first-order valence-electron chi connectivity index (χ1n) is 5.37. The summed E-state index contributed by atoms with van der Waals surface area (Å²) >= 11 is 5.88. The molecule has 0 atom stereocenters. The molecule has 1 aromatic heterocycles. The second-order valence-electron chi connectivity index (χ2n) is 3.79. The van der Waals surface area contributed by atoms with Crippen LogP contribution in [0.1, 0.15) is 5.69 Å². The quantitative estimate of drug-likeness (QED) is 0.927. The predicted molar refractivity (Wildman–Crippen MR) is 69.6 cm³/mol. The van der Waals surface area contributed by atoms with Crippen molar-refractivity contribution in [2.24, 2.45) is 0 Å². The van der Waals surface area contributed by atoms with Crippen molar-refractivity contribution in [3.63, 3.8) is 0 Å². The lowest BCUT2D eigenvalue weighted by atomic mass is 10.2. The third-order valence-corrected chi connectivity index (χ3v) is 2.96. The van der Waals surface area contributed by atoms with E-state index in [4.69, 9.17) is 16.7 Å². The van der Waals surface area contributed by atoms with Gasteiger partial charge in [-0.15, -0.1) is 0 Å². The van der Waals surface area contributed by atoms with Gasteiger partial charge in [0.1, 0.15) is 11.6 Å². The molecule has 0 unspecified atom stereocenters. The third kappa shape index (κ3) is 2.60. The molecule has 0 saturated carbocycles. The normalized spacial score (nSPS) is 10.4. The number of aliphatic hydroxyl groups is 1. The third-order valence-electron chi connectivity index (χ3n) is 2.61. The number of anilines is 2. The summed E-state index contributed by atoms with van der Waals surface area (Å²) in [5.74, 6) is 0.349. The Morgan fingerprint density at radius 2 is 1.89 bits per heavy atom. The van der Waals surface area contributed by atoms with Crippen molar-refractivity contribution < 1.29 is 9.50 Å². The van der Waals surface area contributed by atoms with Crippen molar-refractivity contribution in [3.8, 4) is 0 Å². The summed E-state index contributed by atoms with van der Waals surface area (Å²) in [5, 5.41) is 9.54. The summed E-state index contributed by atoms with van der Waals surface area (Å²) in [7, 11) is 1.81. The first kappa shape index (κ1) is 12.8. The first-order valence-corrected chi connectivity index (χ1v) is 5.75. The van der Waals surface area contributed by atoms with E-state index in [2.05, 4.69) is 4.98 Å². The molecule has 0 aliphatic carbocycles. The van der Waals surface area contributed by atoms with E-state index in [0.717, 1.165) is 5.69 Å². The highest BCUT2D eigenvalue weighted by molar-refractivity contribution is 6.31. The summed E-state index contributed by atoms with van der Waals surface area (Å²) in [6.07, 6.45) is 0. The van der Waals surface area contributed by atoms with Gasteiger partial charge in [-0.3, -0.25) is 0 Å². The maximum atomic E-state index is 12.8. The fraction of sp³-hybridized carbons (Fsp3) is 0.154. The van der Waals surface area contributed by atoms with Crippen LogP contribution < -0.4 is 4.90 Å². The standard InChI is InChI=1S/C13H12ClFN2O/c1-17(10-4-2-9(15)3-5-10)13-7-6-11(14)12(8-18)16-13/h2-7,18H,8H2,1H3. The Balaban J connectivity index is 2.33. The van der Waals surface area contributed by atoms with E-state index in [1.807, 2.05) is 7.05 Å². The summed E-state index contributed by atoms with van der Waals surface area (Å²) in [5.41, 5.74) is 1.22. The van der Waals surface area contributed by atoms with Crippen LogP contribution in [0.2, 0.25) is 5.02 Å². The van der Waals surface area contributed by atoms with Crippen LogP contribution in [0.25, 0.3) is 0 Å². The fourth-order valence-electron chi connectivity index (χ4n) is 1.57. The lowest BCUT2D eigenvalue weighted by molar-refractivity contribution is 0.277. The minimum atomic E-state index is -0.285. The monoisotopic (exact) mass is 266 g/mol. The van der Waals surface area contributed by atoms with Crippen LogP contribution in [0.3, 0.4) is 0 Å². The molecule has 0 bridgehead atoms. The van der Waals surface area contributed by atoms with E-state index in [9.17, 15) is 4.39 Å². The number of aliphatic hydroxyl groups excluding tert-OH is 1. The molecule has 0 fully saturated rings. The lowest BCUT2D eigenvalue weighted by Gasteiger charge is -2.19. The minimum Gasteiger partial charge on any atom is -0.390 e. The van der Waals surface area contributed by atoms with Gasteiger partial charge in [-0.1, -0.05) is 11.6 Å². The molecule has 2 rings (SSSR count). The Bertz CT molecular complexity index is 545. The Hall–Kier alpha value is -1.65. The number of pyridine rings is 1. The van der Waals surface area contributed by atoms with Gasteiger partial charge in [0.25, 0.3) is 0 Å². The van der Waals surface area contributed by atoms with Gasteiger partial charge in [0, 0.05) is 12.7 Å². The molecule has 1 N–H and O–H groups in total. The number of halogens is 2. The van der Waals surface area contributed by atoms with Crippen molar-refractivity contribution in [1.29, 1.82) is 0 Å². The zero-order valence-corrected chi connectivity index (χ0v) is 10.5. The SMILES string of the molecule is CN(c1ccc(F)cc1)c1ccc(Cl)c(CO)n1. The van der Waals surface area contributed by atoms with E-state index >= 15 is 0 Å². The van der Waals surface area contributed by atoms with Crippen LogP contribution >= 0.6 is 11.6 Å². The molecule has 1 heterocycles. The van der Waals surface area contributed by atoms with Gasteiger partial charge < -0.3 is 10.0 Å². The van der Waals surface area contributed by atoms with Gasteiger partial charge in [0.05, 0.1) is 17.3 Å². The molecule has 0 radical (unpaired) electrons.